The summed E-state index contributed by atoms with van der Waals surface area (Å²) in [4.78, 5) is 11.3. The first-order valence-electron chi connectivity index (χ1n) is 5.13. The molecule has 0 atom stereocenters. The van der Waals surface area contributed by atoms with Crippen LogP contribution in [0.2, 0.25) is 0 Å². The van der Waals surface area contributed by atoms with Gasteiger partial charge in [-0.1, -0.05) is 0 Å². The van der Waals surface area contributed by atoms with Crippen LogP contribution in [0.15, 0.2) is 17.5 Å². The van der Waals surface area contributed by atoms with Crippen molar-refractivity contribution in [1.29, 1.82) is 0 Å². The number of aliphatic imine (C=N–C) groups is 1. The van der Waals surface area contributed by atoms with Crippen molar-refractivity contribution in [2.45, 2.75) is 25.3 Å². The van der Waals surface area contributed by atoms with Crippen LogP contribution in [-0.4, -0.2) is 28.5 Å². The van der Waals surface area contributed by atoms with Gasteiger partial charge in [0.05, 0.1) is 6.33 Å². The highest BCUT2D eigenvalue weighted by molar-refractivity contribution is 5.79. The molecule has 6 heteroatoms. The van der Waals surface area contributed by atoms with Crippen LogP contribution in [0.3, 0.4) is 0 Å². The Morgan fingerprint density at radius 1 is 1.67 bits per heavy atom. The molecule has 2 rings (SSSR count). The summed E-state index contributed by atoms with van der Waals surface area (Å²) in [6, 6.07) is 0.562. The van der Waals surface area contributed by atoms with Gasteiger partial charge in [0.25, 0.3) is 0 Å². The Kier molecular flexibility index (Phi) is 3.18. The van der Waals surface area contributed by atoms with Gasteiger partial charge in [0.2, 0.25) is 5.96 Å². The van der Waals surface area contributed by atoms with Gasteiger partial charge in [0.15, 0.2) is 0 Å². The number of aromatic nitrogens is 2. The van der Waals surface area contributed by atoms with Crippen LogP contribution >= 0.6 is 0 Å². The van der Waals surface area contributed by atoms with Crippen LogP contribution < -0.4 is 16.6 Å². The Bertz CT molecular complexity index is 313. The van der Waals surface area contributed by atoms with E-state index in [-0.39, 0.29) is 0 Å². The molecule has 82 valence electrons. The first-order chi connectivity index (χ1) is 7.38. The largest absolute Gasteiger partial charge is 0.353 e. The van der Waals surface area contributed by atoms with E-state index in [0.717, 1.165) is 12.1 Å². The third kappa shape index (κ3) is 3.25. The highest BCUT2D eigenvalue weighted by Crippen LogP contribution is 2.18. The maximum atomic E-state index is 5.34. The van der Waals surface area contributed by atoms with Crippen molar-refractivity contribution in [1.82, 2.24) is 20.7 Å². The van der Waals surface area contributed by atoms with Crippen LogP contribution in [0.5, 0.6) is 0 Å². The van der Waals surface area contributed by atoms with E-state index in [0.29, 0.717) is 18.5 Å². The molecule has 1 saturated carbocycles. The van der Waals surface area contributed by atoms with Gasteiger partial charge >= 0.3 is 0 Å². The molecule has 0 amide bonds. The standard InChI is InChI=1S/C9H16N6/c10-15-9(14-7-1-2-7)12-4-3-8-5-11-6-13-8/h5-7H,1-4,10H2,(H,11,13)(H2,12,14,15). The number of hydrazine groups is 1. The van der Waals surface area contributed by atoms with Crippen LogP contribution in [0.4, 0.5) is 0 Å². The van der Waals surface area contributed by atoms with Crippen molar-refractivity contribution in [2.75, 3.05) is 6.54 Å². The monoisotopic (exact) mass is 208 g/mol. The number of H-pyrrole nitrogens is 1. The first-order valence-corrected chi connectivity index (χ1v) is 5.13. The summed E-state index contributed by atoms with van der Waals surface area (Å²) in [5.41, 5.74) is 3.65. The molecule has 0 spiro atoms. The lowest BCUT2D eigenvalue weighted by molar-refractivity contribution is 0.813. The second-order valence-corrected chi connectivity index (χ2v) is 3.62. The zero-order chi connectivity index (χ0) is 10.5. The van der Waals surface area contributed by atoms with E-state index in [1.165, 1.54) is 12.8 Å². The van der Waals surface area contributed by atoms with Gasteiger partial charge in [-0.05, 0) is 12.8 Å². The first kappa shape index (κ1) is 9.97. The second kappa shape index (κ2) is 4.79. The molecule has 15 heavy (non-hydrogen) atoms. The van der Waals surface area contributed by atoms with Gasteiger partial charge in [0.1, 0.15) is 0 Å². The Morgan fingerprint density at radius 2 is 2.53 bits per heavy atom. The van der Waals surface area contributed by atoms with Crippen molar-refractivity contribution in [3.8, 4) is 0 Å². The fourth-order valence-corrected chi connectivity index (χ4v) is 1.26. The van der Waals surface area contributed by atoms with E-state index in [1.54, 1.807) is 12.5 Å². The second-order valence-electron chi connectivity index (χ2n) is 3.62. The predicted octanol–water partition coefficient (Wildman–Crippen LogP) is -0.476. The summed E-state index contributed by atoms with van der Waals surface area (Å²) >= 11 is 0. The number of nitrogens with one attached hydrogen (secondary N) is 3. The van der Waals surface area contributed by atoms with Gasteiger partial charge in [-0.2, -0.15) is 0 Å². The molecular formula is C9H16N6. The third-order valence-electron chi connectivity index (χ3n) is 2.26. The highest BCUT2D eigenvalue weighted by Gasteiger charge is 2.21. The minimum atomic E-state index is 0.562. The van der Waals surface area contributed by atoms with Gasteiger partial charge in [-0.3, -0.25) is 10.4 Å². The molecule has 1 aliphatic carbocycles. The average Bonchev–Trinajstić information content (AvgIpc) is 2.91. The van der Waals surface area contributed by atoms with Crippen molar-refractivity contribution >= 4 is 5.96 Å². The van der Waals surface area contributed by atoms with Crippen LogP contribution in [-0.2, 0) is 6.42 Å². The normalized spacial score (nSPS) is 16.5. The Balaban J connectivity index is 1.75. The fraction of sp³-hybridized carbons (Fsp3) is 0.556. The van der Waals surface area contributed by atoms with Gasteiger partial charge in [-0.25, -0.2) is 10.8 Å². The SMILES string of the molecule is NNC(=NCCc1cnc[nH]1)NC1CC1. The highest BCUT2D eigenvalue weighted by atomic mass is 15.3. The molecule has 6 nitrogen and oxygen atoms in total. The third-order valence-corrected chi connectivity index (χ3v) is 2.26. The zero-order valence-corrected chi connectivity index (χ0v) is 8.53. The summed E-state index contributed by atoms with van der Waals surface area (Å²) in [6.45, 7) is 0.696. The maximum Gasteiger partial charge on any atom is 0.205 e. The van der Waals surface area contributed by atoms with Crippen LogP contribution in [0.1, 0.15) is 18.5 Å². The number of rotatable bonds is 4. The van der Waals surface area contributed by atoms with E-state index in [9.17, 15) is 0 Å². The van der Waals surface area contributed by atoms with Crippen LogP contribution in [0, 0.1) is 0 Å². The lowest BCUT2D eigenvalue weighted by Crippen LogP contribution is -2.42. The van der Waals surface area contributed by atoms with E-state index < -0.39 is 0 Å². The minimum absolute atomic E-state index is 0.562. The number of imidazole rings is 1. The molecule has 0 radical (unpaired) electrons. The smallest absolute Gasteiger partial charge is 0.205 e. The summed E-state index contributed by atoms with van der Waals surface area (Å²) in [6.07, 6.45) is 6.74. The number of aromatic amines is 1. The summed E-state index contributed by atoms with van der Waals surface area (Å²) < 4.78 is 0. The fourth-order valence-electron chi connectivity index (χ4n) is 1.26. The molecule has 0 saturated heterocycles. The van der Waals surface area contributed by atoms with Crippen molar-refractivity contribution in [3.05, 3.63) is 18.2 Å². The Morgan fingerprint density at radius 3 is 3.13 bits per heavy atom. The molecule has 1 fully saturated rings. The van der Waals surface area contributed by atoms with Crippen molar-refractivity contribution in [3.63, 3.8) is 0 Å². The quantitative estimate of drug-likeness (QED) is 0.233. The molecule has 0 bridgehead atoms. The maximum absolute atomic E-state index is 5.34. The van der Waals surface area contributed by atoms with Gasteiger partial charge in [-0.15, -0.1) is 0 Å². The lowest BCUT2D eigenvalue weighted by Gasteiger charge is -2.06. The molecule has 0 unspecified atom stereocenters. The number of hydrogen-bond acceptors (Lipinski definition) is 3. The summed E-state index contributed by atoms with van der Waals surface area (Å²) in [7, 11) is 0. The topological polar surface area (TPSA) is 91.1 Å². The molecule has 1 aromatic rings. The molecule has 0 aliphatic heterocycles. The van der Waals surface area contributed by atoms with Gasteiger partial charge < -0.3 is 10.3 Å². The number of hydrogen-bond donors (Lipinski definition) is 4. The Labute approximate surface area is 88.3 Å². The molecule has 1 aromatic heterocycles. The summed E-state index contributed by atoms with van der Waals surface area (Å²) in [5.74, 6) is 6.02. The predicted molar refractivity (Wildman–Crippen MR) is 58.1 cm³/mol. The van der Waals surface area contributed by atoms with Crippen molar-refractivity contribution < 1.29 is 0 Å². The minimum Gasteiger partial charge on any atom is -0.353 e. The van der Waals surface area contributed by atoms with E-state index >= 15 is 0 Å². The van der Waals surface area contributed by atoms with Gasteiger partial charge in [0, 0.05) is 30.9 Å². The Hall–Kier alpha value is -1.56. The number of nitrogens with zero attached hydrogens (tertiary/aromatic N) is 2. The number of guanidine groups is 1. The van der Waals surface area contributed by atoms with E-state index in [1.807, 2.05) is 0 Å². The van der Waals surface area contributed by atoms with E-state index in [4.69, 9.17) is 5.84 Å². The molecular weight excluding hydrogens is 192 g/mol. The average molecular weight is 208 g/mol. The van der Waals surface area contributed by atoms with Crippen molar-refractivity contribution in [2.24, 2.45) is 10.8 Å². The van der Waals surface area contributed by atoms with E-state index in [2.05, 4.69) is 25.7 Å². The summed E-state index contributed by atoms with van der Waals surface area (Å²) in [5, 5.41) is 3.21. The molecule has 0 aromatic carbocycles. The zero-order valence-electron chi connectivity index (χ0n) is 8.53. The lowest BCUT2D eigenvalue weighted by atomic mass is 10.3. The number of nitrogens with two attached hydrogens (primary N) is 1. The molecule has 5 N–H and O–H groups in total. The van der Waals surface area contributed by atoms with Crippen LogP contribution in [0.25, 0.3) is 0 Å². The molecule has 1 aliphatic rings. The molecule has 1 heterocycles.